The number of aryl methyl sites for hydroxylation is 2. The molecule has 1 nitrogen and oxygen atoms in total. The second-order valence-corrected chi connectivity index (χ2v) is 5.98. The quantitative estimate of drug-likeness (QED) is 0.733. The molecule has 0 fully saturated rings. The largest absolute Gasteiger partial charge is 0.310 e. The van der Waals surface area contributed by atoms with Crippen molar-refractivity contribution in [3.8, 4) is 0 Å². The molecular weight excluding hydrogens is 214 g/mol. The van der Waals surface area contributed by atoms with Crippen LogP contribution in [0.15, 0.2) is 6.07 Å². The van der Waals surface area contributed by atoms with Crippen LogP contribution in [0.2, 0.25) is 0 Å². The van der Waals surface area contributed by atoms with Gasteiger partial charge >= 0.3 is 0 Å². The Kier molecular flexibility index (Phi) is 6.07. The highest BCUT2D eigenvalue weighted by Crippen LogP contribution is 2.29. The highest BCUT2D eigenvalue weighted by Gasteiger charge is 2.14. The molecule has 1 aromatic rings. The van der Waals surface area contributed by atoms with Gasteiger partial charge < -0.3 is 5.32 Å². The first-order valence-corrected chi connectivity index (χ1v) is 7.31. The Bertz CT molecular complexity index is 296. The number of unbranched alkanes of at least 4 members (excludes halogenated alkanes) is 1. The lowest BCUT2D eigenvalue weighted by Gasteiger charge is -2.18. The first-order chi connectivity index (χ1) is 7.69. The number of hydrogen-bond donors (Lipinski definition) is 1. The lowest BCUT2D eigenvalue weighted by molar-refractivity contribution is 0.481. The van der Waals surface area contributed by atoms with Gasteiger partial charge in [-0.2, -0.15) is 0 Å². The molecule has 0 bridgehead atoms. The lowest BCUT2D eigenvalue weighted by Crippen LogP contribution is -2.22. The van der Waals surface area contributed by atoms with Gasteiger partial charge in [-0.25, -0.2) is 0 Å². The van der Waals surface area contributed by atoms with Crippen molar-refractivity contribution in [1.29, 1.82) is 0 Å². The van der Waals surface area contributed by atoms with Crippen molar-refractivity contribution in [3.05, 3.63) is 21.4 Å². The smallest absolute Gasteiger partial charge is 0.0331 e. The van der Waals surface area contributed by atoms with Crippen LogP contribution in [-0.2, 0) is 0 Å². The Balaban J connectivity index is 2.70. The van der Waals surface area contributed by atoms with Crippen molar-refractivity contribution < 1.29 is 0 Å². The maximum Gasteiger partial charge on any atom is 0.0331 e. The minimum atomic E-state index is 0.574. The Labute approximate surface area is 104 Å². The molecule has 0 aromatic carbocycles. The van der Waals surface area contributed by atoms with Crippen LogP contribution in [-0.4, -0.2) is 6.54 Å². The van der Waals surface area contributed by atoms with E-state index in [2.05, 4.69) is 39.1 Å². The zero-order chi connectivity index (χ0) is 12.0. The number of rotatable bonds is 7. The van der Waals surface area contributed by atoms with E-state index in [-0.39, 0.29) is 0 Å². The molecule has 16 heavy (non-hydrogen) atoms. The average molecular weight is 239 g/mol. The van der Waals surface area contributed by atoms with E-state index in [0.29, 0.717) is 6.04 Å². The van der Waals surface area contributed by atoms with Gasteiger partial charge in [0, 0.05) is 15.8 Å². The van der Waals surface area contributed by atoms with E-state index in [0.717, 1.165) is 6.54 Å². The Morgan fingerprint density at radius 2 is 2.00 bits per heavy atom. The number of thiophene rings is 1. The summed E-state index contributed by atoms with van der Waals surface area (Å²) in [6.07, 6.45) is 5.08. The number of hydrogen-bond acceptors (Lipinski definition) is 2. The van der Waals surface area contributed by atoms with Gasteiger partial charge in [0.05, 0.1) is 0 Å². The zero-order valence-corrected chi connectivity index (χ0v) is 11.9. The van der Waals surface area contributed by atoms with E-state index in [1.165, 1.54) is 41.0 Å². The maximum atomic E-state index is 3.68. The van der Waals surface area contributed by atoms with Gasteiger partial charge in [0.1, 0.15) is 0 Å². The highest BCUT2D eigenvalue weighted by molar-refractivity contribution is 7.12. The van der Waals surface area contributed by atoms with Crippen LogP contribution in [0.4, 0.5) is 0 Å². The second-order valence-electron chi connectivity index (χ2n) is 4.52. The molecular formula is C14H25NS. The van der Waals surface area contributed by atoms with E-state index in [4.69, 9.17) is 0 Å². The van der Waals surface area contributed by atoms with Crippen molar-refractivity contribution in [3.63, 3.8) is 0 Å². The van der Waals surface area contributed by atoms with Crippen molar-refractivity contribution in [1.82, 2.24) is 5.32 Å². The van der Waals surface area contributed by atoms with Gasteiger partial charge in [0.15, 0.2) is 0 Å². The summed E-state index contributed by atoms with van der Waals surface area (Å²) in [5.41, 5.74) is 1.53. The third-order valence-electron chi connectivity index (χ3n) is 2.94. The van der Waals surface area contributed by atoms with Crippen LogP contribution in [0.3, 0.4) is 0 Å². The summed E-state index contributed by atoms with van der Waals surface area (Å²) in [5, 5.41) is 3.68. The lowest BCUT2D eigenvalue weighted by atomic mass is 10.0. The predicted octanol–water partition coefficient (Wildman–Crippen LogP) is 4.60. The predicted molar refractivity (Wildman–Crippen MR) is 74.4 cm³/mol. The molecule has 1 heterocycles. The molecule has 0 aliphatic heterocycles. The molecule has 1 unspecified atom stereocenters. The molecule has 0 saturated carbocycles. The van der Waals surface area contributed by atoms with Gasteiger partial charge in [-0.05, 0) is 44.9 Å². The van der Waals surface area contributed by atoms with Crippen LogP contribution >= 0.6 is 11.3 Å². The van der Waals surface area contributed by atoms with Gasteiger partial charge in [-0.15, -0.1) is 11.3 Å². The third kappa shape index (κ3) is 3.91. The summed E-state index contributed by atoms with van der Waals surface area (Å²) in [7, 11) is 0. The maximum absolute atomic E-state index is 3.68. The van der Waals surface area contributed by atoms with Crippen molar-refractivity contribution in [2.75, 3.05) is 6.54 Å². The zero-order valence-electron chi connectivity index (χ0n) is 11.1. The normalized spacial score (nSPS) is 13.0. The molecule has 0 radical (unpaired) electrons. The van der Waals surface area contributed by atoms with Gasteiger partial charge in [-0.3, -0.25) is 0 Å². The topological polar surface area (TPSA) is 12.0 Å². The van der Waals surface area contributed by atoms with Gasteiger partial charge in [0.25, 0.3) is 0 Å². The Morgan fingerprint density at radius 1 is 1.25 bits per heavy atom. The van der Waals surface area contributed by atoms with Gasteiger partial charge in [0.2, 0.25) is 0 Å². The molecule has 0 amide bonds. The first kappa shape index (κ1) is 13.7. The summed E-state index contributed by atoms with van der Waals surface area (Å²) < 4.78 is 0. The molecule has 1 rings (SSSR count). The second kappa shape index (κ2) is 7.08. The Hall–Kier alpha value is -0.340. The first-order valence-electron chi connectivity index (χ1n) is 6.49. The van der Waals surface area contributed by atoms with Crippen LogP contribution in [0.25, 0.3) is 0 Å². The molecule has 1 N–H and O–H groups in total. The fourth-order valence-electron chi connectivity index (χ4n) is 2.09. The Morgan fingerprint density at radius 3 is 2.50 bits per heavy atom. The molecule has 0 spiro atoms. The fourth-order valence-corrected chi connectivity index (χ4v) is 3.08. The minimum Gasteiger partial charge on any atom is -0.310 e. The number of nitrogens with one attached hydrogen (secondary N) is 1. The summed E-state index contributed by atoms with van der Waals surface area (Å²) in [5.74, 6) is 0. The van der Waals surface area contributed by atoms with Crippen molar-refractivity contribution >= 4 is 11.3 Å². The van der Waals surface area contributed by atoms with E-state index in [1.807, 2.05) is 11.3 Å². The molecule has 2 heteroatoms. The summed E-state index contributed by atoms with van der Waals surface area (Å²) in [4.78, 5) is 2.93. The van der Waals surface area contributed by atoms with Gasteiger partial charge in [-0.1, -0.05) is 26.7 Å². The molecule has 1 aromatic heterocycles. The van der Waals surface area contributed by atoms with Crippen LogP contribution in [0.5, 0.6) is 0 Å². The van der Waals surface area contributed by atoms with Crippen molar-refractivity contribution in [2.24, 2.45) is 0 Å². The highest BCUT2D eigenvalue weighted by atomic mass is 32.1. The third-order valence-corrected chi connectivity index (χ3v) is 3.92. The minimum absolute atomic E-state index is 0.574. The van der Waals surface area contributed by atoms with Crippen molar-refractivity contribution in [2.45, 2.75) is 59.4 Å². The standard InChI is InChI=1S/C14H25NS/c1-5-7-8-14(15-9-6-2)13-10-11(3)16-12(13)4/h10,14-15H,5-9H2,1-4H3. The SMILES string of the molecule is CCCCC(NCCC)c1cc(C)sc1C. The molecule has 0 saturated heterocycles. The summed E-state index contributed by atoms with van der Waals surface area (Å²) >= 11 is 1.92. The van der Waals surface area contributed by atoms with Crippen LogP contribution in [0.1, 0.15) is 60.9 Å². The molecule has 0 aliphatic rings. The molecule has 92 valence electrons. The van der Waals surface area contributed by atoms with E-state index >= 15 is 0 Å². The average Bonchev–Trinajstić information content (AvgIpc) is 2.58. The molecule has 0 aliphatic carbocycles. The van der Waals surface area contributed by atoms with Crippen LogP contribution in [0, 0.1) is 13.8 Å². The summed E-state index contributed by atoms with van der Waals surface area (Å²) in [6, 6.07) is 2.94. The van der Waals surface area contributed by atoms with E-state index in [9.17, 15) is 0 Å². The van der Waals surface area contributed by atoms with Crippen LogP contribution < -0.4 is 5.32 Å². The van der Waals surface area contributed by atoms with E-state index in [1.54, 1.807) is 0 Å². The molecule has 1 atom stereocenters. The monoisotopic (exact) mass is 239 g/mol. The van der Waals surface area contributed by atoms with E-state index < -0.39 is 0 Å². The summed E-state index contributed by atoms with van der Waals surface area (Å²) in [6.45, 7) is 10.1. The fraction of sp³-hybridized carbons (Fsp3) is 0.714.